The van der Waals surface area contributed by atoms with E-state index in [0.717, 1.165) is 36.3 Å². The van der Waals surface area contributed by atoms with E-state index in [1.165, 1.54) is 0 Å². The molecule has 0 aromatic heterocycles. The molecule has 1 fully saturated rings. The summed E-state index contributed by atoms with van der Waals surface area (Å²) < 4.78 is 43.4. The van der Waals surface area contributed by atoms with E-state index in [9.17, 15) is 8.42 Å². The minimum Gasteiger partial charge on any atom is -0.454 e. The minimum absolute atomic E-state index is 0. The van der Waals surface area contributed by atoms with E-state index < -0.39 is 10.0 Å². The number of ether oxygens (including phenoxy) is 3. The van der Waals surface area contributed by atoms with Crippen LogP contribution >= 0.6 is 24.0 Å². The predicted molar refractivity (Wildman–Crippen MR) is 126 cm³/mol. The molecule has 1 aromatic carbocycles. The van der Waals surface area contributed by atoms with Gasteiger partial charge in [-0.3, -0.25) is 4.99 Å². The predicted octanol–water partition coefficient (Wildman–Crippen LogP) is 1.53. The lowest BCUT2D eigenvalue weighted by Crippen LogP contribution is -2.43. The molecule has 0 radical (unpaired) electrons. The zero-order valence-corrected chi connectivity index (χ0v) is 20.6. The first kappa shape index (κ1) is 25.0. The summed E-state index contributed by atoms with van der Waals surface area (Å²) in [7, 11) is 0.195. The standard InChI is InChI=1S/C19H30N4O5S.HI/c1-20-19(23(2)13-15-6-7-17-18(11-15)28-14-27-17)21-8-10-29(24,25)22-12-16-5-3-4-9-26-16;/h6-7,11,16,22H,3-5,8-10,12-14H2,1-2H3,(H,20,21);1H. The molecule has 9 nitrogen and oxygen atoms in total. The first-order valence-electron chi connectivity index (χ1n) is 9.86. The van der Waals surface area contributed by atoms with Gasteiger partial charge in [0.15, 0.2) is 17.5 Å². The third kappa shape index (κ3) is 7.43. The summed E-state index contributed by atoms with van der Waals surface area (Å²) in [5.41, 5.74) is 1.04. The SMILES string of the molecule is CN=C(NCCS(=O)(=O)NCC1CCCCO1)N(C)Cc1ccc2c(c1)OCO2.I. The van der Waals surface area contributed by atoms with Gasteiger partial charge in [0.05, 0.1) is 11.9 Å². The summed E-state index contributed by atoms with van der Waals surface area (Å²) in [6.07, 6.45) is 3.01. The third-order valence-corrected chi connectivity index (χ3v) is 6.24. The maximum Gasteiger partial charge on any atom is 0.231 e. The largest absolute Gasteiger partial charge is 0.454 e. The second-order valence-electron chi connectivity index (χ2n) is 7.17. The Balaban J connectivity index is 0.00000320. The molecule has 2 aliphatic rings. The molecule has 0 amide bonds. The van der Waals surface area contributed by atoms with Gasteiger partial charge in [0.2, 0.25) is 16.8 Å². The molecular formula is C19H31IN4O5S. The van der Waals surface area contributed by atoms with Crippen molar-refractivity contribution in [1.29, 1.82) is 0 Å². The van der Waals surface area contributed by atoms with Crippen LogP contribution in [-0.2, 0) is 21.3 Å². The Morgan fingerprint density at radius 1 is 1.27 bits per heavy atom. The van der Waals surface area contributed by atoms with Gasteiger partial charge < -0.3 is 24.4 Å². The van der Waals surface area contributed by atoms with Crippen LogP contribution in [0.1, 0.15) is 24.8 Å². The highest BCUT2D eigenvalue weighted by atomic mass is 127. The molecule has 0 aliphatic carbocycles. The fourth-order valence-electron chi connectivity index (χ4n) is 3.33. The molecule has 1 atom stereocenters. The average Bonchev–Trinajstić information content (AvgIpc) is 3.18. The lowest BCUT2D eigenvalue weighted by atomic mass is 10.1. The Morgan fingerprint density at radius 2 is 2.07 bits per heavy atom. The van der Waals surface area contributed by atoms with Crippen molar-refractivity contribution in [2.75, 3.05) is 46.3 Å². The Morgan fingerprint density at radius 3 is 2.80 bits per heavy atom. The third-order valence-electron chi connectivity index (χ3n) is 4.89. The molecule has 0 bridgehead atoms. The lowest BCUT2D eigenvalue weighted by Gasteiger charge is -2.23. The molecule has 2 heterocycles. The topological polar surface area (TPSA) is 101 Å². The Kier molecular flexibility index (Phi) is 9.91. The van der Waals surface area contributed by atoms with Gasteiger partial charge in [-0.05, 0) is 37.0 Å². The van der Waals surface area contributed by atoms with Crippen molar-refractivity contribution >= 4 is 40.0 Å². The van der Waals surface area contributed by atoms with Crippen molar-refractivity contribution in [2.45, 2.75) is 31.9 Å². The van der Waals surface area contributed by atoms with Gasteiger partial charge in [-0.15, -0.1) is 24.0 Å². The number of benzene rings is 1. The van der Waals surface area contributed by atoms with Gasteiger partial charge in [-0.25, -0.2) is 13.1 Å². The summed E-state index contributed by atoms with van der Waals surface area (Å²) in [5, 5.41) is 3.11. The van der Waals surface area contributed by atoms with Crippen molar-refractivity contribution < 1.29 is 22.6 Å². The van der Waals surface area contributed by atoms with Crippen molar-refractivity contribution in [3.05, 3.63) is 23.8 Å². The van der Waals surface area contributed by atoms with Crippen LogP contribution in [0.2, 0.25) is 0 Å². The second kappa shape index (κ2) is 11.9. The highest BCUT2D eigenvalue weighted by Gasteiger charge is 2.18. The number of guanidine groups is 1. The van der Waals surface area contributed by atoms with Gasteiger partial charge in [0.1, 0.15) is 0 Å². The number of hydrogen-bond acceptors (Lipinski definition) is 6. The molecule has 3 rings (SSSR count). The quantitative estimate of drug-likeness (QED) is 0.286. The van der Waals surface area contributed by atoms with Crippen molar-refractivity contribution in [3.63, 3.8) is 0 Å². The van der Waals surface area contributed by atoms with Crippen molar-refractivity contribution in [2.24, 2.45) is 4.99 Å². The number of nitrogens with zero attached hydrogens (tertiary/aromatic N) is 2. The van der Waals surface area contributed by atoms with Crippen LogP contribution in [0.5, 0.6) is 11.5 Å². The Hall–Kier alpha value is -1.31. The number of sulfonamides is 1. The first-order valence-corrected chi connectivity index (χ1v) is 11.5. The minimum atomic E-state index is -3.37. The Labute approximate surface area is 195 Å². The van der Waals surface area contributed by atoms with Gasteiger partial charge in [0, 0.05) is 40.3 Å². The summed E-state index contributed by atoms with van der Waals surface area (Å²) >= 11 is 0. The molecule has 1 aromatic rings. The number of rotatable bonds is 8. The molecule has 30 heavy (non-hydrogen) atoms. The van der Waals surface area contributed by atoms with E-state index in [2.05, 4.69) is 15.0 Å². The van der Waals surface area contributed by atoms with Crippen LogP contribution in [0.15, 0.2) is 23.2 Å². The molecule has 2 N–H and O–H groups in total. The van der Waals surface area contributed by atoms with E-state index in [0.29, 0.717) is 25.7 Å². The molecule has 2 aliphatic heterocycles. The highest BCUT2D eigenvalue weighted by Crippen LogP contribution is 2.32. The molecule has 1 unspecified atom stereocenters. The average molecular weight is 554 g/mol. The van der Waals surface area contributed by atoms with E-state index in [-0.39, 0.29) is 49.2 Å². The fourth-order valence-corrected chi connectivity index (χ4v) is 4.29. The van der Waals surface area contributed by atoms with Crippen LogP contribution in [0.4, 0.5) is 0 Å². The first-order chi connectivity index (χ1) is 14.0. The smallest absolute Gasteiger partial charge is 0.231 e. The number of hydrogen-bond donors (Lipinski definition) is 2. The number of aliphatic imine (C=N–C) groups is 1. The van der Waals surface area contributed by atoms with Gasteiger partial charge in [-0.1, -0.05) is 6.07 Å². The van der Waals surface area contributed by atoms with Crippen LogP contribution in [0.3, 0.4) is 0 Å². The van der Waals surface area contributed by atoms with Crippen LogP contribution in [0.25, 0.3) is 0 Å². The van der Waals surface area contributed by atoms with Gasteiger partial charge in [0.25, 0.3) is 0 Å². The van der Waals surface area contributed by atoms with Crippen LogP contribution in [-0.4, -0.2) is 71.7 Å². The van der Waals surface area contributed by atoms with Gasteiger partial charge >= 0.3 is 0 Å². The number of fused-ring (bicyclic) bond motifs is 1. The molecular weight excluding hydrogens is 523 g/mol. The van der Waals surface area contributed by atoms with E-state index in [4.69, 9.17) is 14.2 Å². The molecule has 1 saturated heterocycles. The summed E-state index contributed by atoms with van der Waals surface area (Å²) in [6, 6.07) is 5.79. The van der Waals surface area contributed by atoms with Gasteiger partial charge in [-0.2, -0.15) is 0 Å². The number of halogens is 1. The monoisotopic (exact) mass is 554 g/mol. The molecule has 0 saturated carbocycles. The zero-order valence-electron chi connectivity index (χ0n) is 17.4. The van der Waals surface area contributed by atoms with Crippen LogP contribution < -0.4 is 19.5 Å². The summed E-state index contributed by atoms with van der Waals surface area (Å²) in [6.45, 7) is 2.15. The molecule has 11 heteroatoms. The molecule has 170 valence electrons. The normalized spacial score (nSPS) is 18.6. The van der Waals surface area contributed by atoms with Crippen LogP contribution in [0, 0.1) is 0 Å². The van der Waals surface area contributed by atoms with E-state index in [1.54, 1.807) is 7.05 Å². The van der Waals surface area contributed by atoms with Crippen molar-refractivity contribution in [1.82, 2.24) is 14.9 Å². The Bertz CT molecular complexity index is 815. The maximum atomic E-state index is 12.2. The van der Waals surface area contributed by atoms with E-state index in [1.807, 2.05) is 30.1 Å². The van der Waals surface area contributed by atoms with E-state index >= 15 is 0 Å². The second-order valence-corrected chi connectivity index (χ2v) is 9.10. The lowest BCUT2D eigenvalue weighted by molar-refractivity contribution is 0.0200. The van der Waals surface area contributed by atoms with Crippen molar-refractivity contribution in [3.8, 4) is 11.5 Å². The zero-order chi connectivity index (χ0) is 20.7. The molecule has 0 spiro atoms. The fraction of sp³-hybridized carbons (Fsp3) is 0.632. The highest BCUT2D eigenvalue weighted by molar-refractivity contribution is 14.0. The summed E-state index contributed by atoms with van der Waals surface area (Å²) in [4.78, 5) is 6.16. The number of nitrogens with one attached hydrogen (secondary N) is 2. The maximum absolute atomic E-state index is 12.2. The summed E-state index contributed by atoms with van der Waals surface area (Å²) in [5.74, 6) is 2.07.